The van der Waals surface area contributed by atoms with Crippen LogP contribution in [0.5, 0.6) is 0 Å². The van der Waals surface area contributed by atoms with E-state index in [1.165, 1.54) is 18.2 Å². The lowest BCUT2D eigenvalue weighted by Gasteiger charge is -2.11. The first-order valence-corrected chi connectivity index (χ1v) is 5.05. The number of halogens is 1. The number of benzene rings is 1. The van der Waals surface area contributed by atoms with Crippen LogP contribution in [0.25, 0.3) is 0 Å². The van der Waals surface area contributed by atoms with E-state index in [4.69, 9.17) is 10.5 Å². The molecule has 0 fully saturated rings. The molecule has 3 nitrogen and oxygen atoms in total. The van der Waals surface area contributed by atoms with Gasteiger partial charge in [-0.15, -0.1) is 0 Å². The van der Waals surface area contributed by atoms with E-state index in [-0.39, 0.29) is 5.56 Å². The molecule has 0 bridgehead atoms. The first-order valence-electron chi connectivity index (χ1n) is 5.05. The number of nitrogens with zero attached hydrogens (tertiary/aromatic N) is 2. The molecule has 0 aliphatic heterocycles. The summed E-state index contributed by atoms with van der Waals surface area (Å²) in [5.41, 5.74) is 0.588. The van der Waals surface area contributed by atoms with E-state index in [9.17, 15) is 4.39 Å². The van der Waals surface area contributed by atoms with Gasteiger partial charge in [-0.05, 0) is 30.7 Å². The van der Waals surface area contributed by atoms with Crippen molar-refractivity contribution in [3.63, 3.8) is 0 Å². The van der Waals surface area contributed by atoms with Gasteiger partial charge in [0.15, 0.2) is 0 Å². The molecule has 1 aromatic carbocycles. The SMILES string of the molecule is CCCNC(C#N)c1ccc(F)c(C#N)c1. The van der Waals surface area contributed by atoms with Crippen LogP contribution in [0.3, 0.4) is 0 Å². The largest absolute Gasteiger partial charge is 0.298 e. The molecule has 0 spiro atoms. The lowest BCUT2D eigenvalue weighted by molar-refractivity contribution is 0.608. The molecule has 1 N–H and O–H groups in total. The van der Waals surface area contributed by atoms with Crippen LogP contribution in [-0.4, -0.2) is 6.54 Å². The van der Waals surface area contributed by atoms with Gasteiger partial charge >= 0.3 is 0 Å². The van der Waals surface area contributed by atoms with E-state index in [1.54, 1.807) is 6.07 Å². The predicted octanol–water partition coefficient (Wildman–Crippen LogP) is 2.26. The molecule has 16 heavy (non-hydrogen) atoms. The van der Waals surface area contributed by atoms with E-state index in [0.717, 1.165) is 6.42 Å². The Labute approximate surface area is 94.1 Å². The van der Waals surface area contributed by atoms with Crippen molar-refractivity contribution in [2.45, 2.75) is 19.4 Å². The highest BCUT2D eigenvalue weighted by Crippen LogP contribution is 2.16. The van der Waals surface area contributed by atoms with Crippen molar-refractivity contribution >= 4 is 0 Å². The minimum Gasteiger partial charge on any atom is -0.298 e. The third-order valence-corrected chi connectivity index (χ3v) is 2.17. The van der Waals surface area contributed by atoms with Crippen LogP contribution >= 0.6 is 0 Å². The number of nitriles is 2. The second-order valence-electron chi connectivity index (χ2n) is 3.37. The summed E-state index contributed by atoms with van der Waals surface area (Å²) in [5.74, 6) is -0.557. The smallest absolute Gasteiger partial charge is 0.140 e. The average Bonchev–Trinajstić information content (AvgIpc) is 2.32. The van der Waals surface area contributed by atoms with Crippen LogP contribution in [0.1, 0.15) is 30.5 Å². The molecule has 0 aliphatic carbocycles. The molecule has 4 heteroatoms. The summed E-state index contributed by atoms with van der Waals surface area (Å²) in [6.07, 6.45) is 0.907. The van der Waals surface area contributed by atoms with Crippen molar-refractivity contribution in [2.24, 2.45) is 0 Å². The maximum absolute atomic E-state index is 13.1. The molecule has 0 aliphatic rings. The van der Waals surface area contributed by atoms with E-state index in [2.05, 4.69) is 11.4 Å². The lowest BCUT2D eigenvalue weighted by atomic mass is 10.0. The summed E-state index contributed by atoms with van der Waals surface area (Å²) < 4.78 is 13.1. The zero-order valence-corrected chi connectivity index (χ0v) is 9.00. The van der Waals surface area contributed by atoms with Gasteiger partial charge in [0.2, 0.25) is 0 Å². The second-order valence-corrected chi connectivity index (χ2v) is 3.37. The Balaban J connectivity index is 2.95. The highest BCUT2D eigenvalue weighted by Gasteiger charge is 2.11. The van der Waals surface area contributed by atoms with Crippen LogP contribution in [0, 0.1) is 28.5 Å². The zero-order valence-electron chi connectivity index (χ0n) is 9.00. The molecule has 82 valence electrons. The summed E-state index contributed by atoms with van der Waals surface area (Å²) in [7, 11) is 0. The maximum atomic E-state index is 13.1. The molecule has 1 unspecified atom stereocenters. The molecule has 0 aromatic heterocycles. The summed E-state index contributed by atoms with van der Waals surface area (Å²) in [5, 5.41) is 20.6. The van der Waals surface area contributed by atoms with Gasteiger partial charge in [0.25, 0.3) is 0 Å². The van der Waals surface area contributed by atoms with E-state index >= 15 is 0 Å². The fourth-order valence-electron chi connectivity index (χ4n) is 1.33. The van der Waals surface area contributed by atoms with E-state index < -0.39 is 11.9 Å². The number of hydrogen-bond acceptors (Lipinski definition) is 3. The van der Waals surface area contributed by atoms with Crippen LogP contribution in [-0.2, 0) is 0 Å². The fourth-order valence-corrected chi connectivity index (χ4v) is 1.33. The Morgan fingerprint density at radius 2 is 2.19 bits per heavy atom. The van der Waals surface area contributed by atoms with E-state index in [0.29, 0.717) is 12.1 Å². The molecule has 0 heterocycles. The topological polar surface area (TPSA) is 59.6 Å². The Bertz CT molecular complexity index is 443. The highest BCUT2D eigenvalue weighted by molar-refractivity contribution is 5.37. The van der Waals surface area contributed by atoms with Crippen molar-refractivity contribution in [3.8, 4) is 12.1 Å². The van der Waals surface area contributed by atoms with Gasteiger partial charge in [0, 0.05) is 0 Å². The minimum absolute atomic E-state index is 0.0314. The van der Waals surface area contributed by atoms with Gasteiger partial charge in [-0.3, -0.25) is 5.32 Å². The monoisotopic (exact) mass is 217 g/mol. The molecule has 0 saturated carbocycles. The Kier molecular flexibility index (Phi) is 4.44. The van der Waals surface area contributed by atoms with Crippen molar-refractivity contribution < 1.29 is 4.39 Å². The zero-order chi connectivity index (χ0) is 12.0. The van der Waals surface area contributed by atoms with Gasteiger partial charge in [0.1, 0.15) is 17.9 Å². The molecule has 0 radical (unpaired) electrons. The summed E-state index contributed by atoms with van der Waals surface area (Å²) in [6.45, 7) is 2.70. The average molecular weight is 217 g/mol. The normalized spacial score (nSPS) is 11.5. The molecule has 1 aromatic rings. The first-order chi connectivity index (χ1) is 7.72. The lowest BCUT2D eigenvalue weighted by Crippen LogP contribution is -2.20. The molecule has 1 atom stereocenters. The van der Waals surface area contributed by atoms with Crippen molar-refractivity contribution in [1.29, 1.82) is 10.5 Å². The second kappa shape index (κ2) is 5.85. The van der Waals surface area contributed by atoms with Gasteiger partial charge in [-0.25, -0.2) is 4.39 Å². The van der Waals surface area contributed by atoms with E-state index in [1.807, 2.05) is 6.92 Å². The summed E-state index contributed by atoms with van der Waals surface area (Å²) in [4.78, 5) is 0. The van der Waals surface area contributed by atoms with Crippen LogP contribution in [0.2, 0.25) is 0 Å². The van der Waals surface area contributed by atoms with Crippen LogP contribution in [0.4, 0.5) is 4.39 Å². The molecule has 0 amide bonds. The standard InChI is InChI=1S/C12H12FN3/c1-2-5-16-12(8-15)9-3-4-11(13)10(6-9)7-14/h3-4,6,12,16H,2,5H2,1H3. The van der Waals surface area contributed by atoms with Gasteiger partial charge in [-0.1, -0.05) is 13.0 Å². The van der Waals surface area contributed by atoms with Crippen molar-refractivity contribution in [3.05, 3.63) is 35.1 Å². The molecule has 0 saturated heterocycles. The third kappa shape index (κ3) is 2.79. The van der Waals surface area contributed by atoms with Gasteiger partial charge in [-0.2, -0.15) is 10.5 Å². The Morgan fingerprint density at radius 1 is 1.44 bits per heavy atom. The Hall–Kier alpha value is -1.91. The predicted molar refractivity (Wildman–Crippen MR) is 57.8 cm³/mol. The highest BCUT2D eigenvalue weighted by atomic mass is 19.1. The summed E-state index contributed by atoms with van der Waals surface area (Å²) >= 11 is 0. The van der Waals surface area contributed by atoms with Gasteiger partial charge in [0.05, 0.1) is 11.6 Å². The molecule has 1 rings (SSSR count). The number of rotatable bonds is 4. The number of nitrogens with one attached hydrogen (secondary N) is 1. The van der Waals surface area contributed by atoms with Gasteiger partial charge < -0.3 is 0 Å². The maximum Gasteiger partial charge on any atom is 0.140 e. The summed E-state index contributed by atoms with van der Waals surface area (Å²) in [6, 6.07) is 7.49. The third-order valence-electron chi connectivity index (χ3n) is 2.17. The fraction of sp³-hybridized carbons (Fsp3) is 0.333. The number of hydrogen-bond donors (Lipinski definition) is 1. The van der Waals surface area contributed by atoms with Crippen molar-refractivity contribution in [2.75, 3.05) is 6.54 Å². The van der Waals surface area contributed by atoms with Crippen molar-refractivity contribution in [1.82, 2.24) is 5.32 Å². The molecular weight excluding hydrogens is 205 g/mol. The molecular formula is C12H12FN3. The van der Waals surface area contributed by atoms with Crippen LogP contribution in [0.15, 0.2) is 18.2 Å². The Morgan fingerprint density at radius 3 is 2.75 bits per heavy atom. The van der Waals surface area contributed by atoms with Crippen LogP contribution < -0.4 is 5.32 Å². The minimum atomic E-state index is -0.557. The first kappa shape index (κ1) is 12.2. The quantitative estimate of drug-likeness (QED) is 0.841.